The van der Waals surface area contributed by atoms with E-state index in [0.29, 0.717) is 0 Å². The van der Waals surface area contributed by atoms with Crippen molar-refractivity contribution in [2.45, 2.75) is 0 Å². The average molecular weight is 396 g/mol. The summed E-state index contributed by atoms with van der Waals surface area (Å²) < 4.78 is 0. The van der Waals surface area contributed by atoms with E-state index >= 15 is 0 Å². The van der Waals surface area contributed by atoms with Gasteiger partial charge in [-0.05, 0) is 22.1 Å². The molecule has 2 aromatic carbocycles. The predicted octanol–water partition coefficient (Wildman–Crippen LogP) is 3.76. The van der Waals surface area contributed by atoms with Crippen molar-refractivity contribution in [2.75, 3.05) is 0 Å². The van der Waals surface area contributed by atoms with E-state index in [-0.39, 0.29) is 0 Å². The van der Waals surface area contributed by atoms with Gasteiger partial charge in [0.1, 0.15) is 0 Å². The van der Waals surface area contributed by atoms with Crippen molar-refractivity contribution in [3.8, 4) is 0 Å². The minimum absolute atomic E-state index is 0.826. The maximum atomic E-state index is 4.93. The first-order valence-corrected chi connectivity index (χ1v) is 12.3. The van der Waals surface area contributed by atoms with Crippen molar-refractivity contribution in [1.29, 1.82) is 0 Å². The van der Waals surface area contributed by atoms with Gasteiger partial charge in [-0.15, -0.1) is 0 Å². The normalized spacial score (nSPS) is 9.24. The number of rotatable bonds is 0. The van der Waals surface area contributed by atoms with Gasteiger partial charge in [-0.25, -0.2) is 0 Å². The van der Waals surface area contributed by atoms with Crippen molar-refractivity contribution in [3.05, 3.63) is 61.2 Å². The topological polar surface area (TPSA) is 54.0 Å². The molecule has 0 fully saturated rings. The smallest absolute Gasteiger partial charge is 0.0387 e. The molecule has 0 aliphatic carbocycles. The molecule has 104 valence electrons. The van der Waals surface area contributed by atoms with Gasteiger partial charge in [0.05, 0.1) is 0 Å². The Balaban J connectivity index is 0.000000130. The summed E-state index contributed by atoms with van der Waals surface area (Å²) in [6, 6.07) is 15.6. The minimum atomic E-state index is -0.826. The summed E-state index contributed by atoms with van der Waals surface area (Å²) in [5.74, 6) is 0. The number of aromatic nitrogens is 4. The number of para-hydroxylation sites is 4. The number of hydrogen-bond acceptors (Lipinski definition) is 2. The van der Waals surface area contributed by atoms with E-state index in [4.69, 9.17) is 17.0 Å². The minimum Gasteiger partial charge on any atom is -0.443 e. The summed E-state index contributed by atoms with van der Waals surface area (Å²) in [6.45, 7) is 0. The third kappa shape index (κ3) is 4.96. The summed E-state index contributed by atoms with van der Waals surface area (Å²) >= 11 is -0.826. The molecule has 2 aromatic heterocycles. The molecule has 0 spiro atoms. The van der Waals surface area contributed by atoms with Gasteiger partial charge in [0.25, 0.3) is 0 Å². The molecule has 0 atom stereocenters. The van der Waals surface area contributed by atoms with Crippen molar-refractivity contribution in [3.63, 3.8) is 0 Å². The Hall–Kier alpha value is -1.16. The van der Waals surface area contributed by atoms with Crippen molar-refractivity contribution in [2.24, 2.45) is 0 Å². The maximum absolute atomic E-state index is 4.93. The Bertz CT molecular complexity index is 658. The Morgan fingerprint density at radius 3 is 1.48 bits per heavy atom. The van der Waals surface area contributed by atoms with Gasteiger partial charge in [-0.1, -0.05) is 61.2 Å². The number of hydrogen-bond donors (Lipinski definition) is 0. The largest absolute Gasteiger partial charge is 0.443 e. The SMILES string of the molecule is [Cl][Zr+2][Cl].c1ccc2[n-]cnc2c1.c1ccc2[n-]cnc2c1. The number of imidazole rings is 2. The fraction of sp³-hybridized carbons (Fsp3) is 0. The molecule has 0 radical (unpaired) electrons. The molecule has 4 nitrogen and oxygen atoms in total. The monoisotopic (exact) mass is 394 g/mol. The van der Waals surface area contributed by atoms with Gasteiger partial charge in [-0.3, -0.25) is 0 Å². The van der Waals surface area contributed by atoms with Crippen LogP contribution in [0.4, 0.5) is 0 Å². The molecule has 0 N–H and O–H groups in total. The van der Waals surface area contributed by atoms with Crippen LogP contribution in [-0.2, 0) is 20.8 Å². The number of benzene rings is 2. The second-order valence-corrected chi connectivity index (χ2v) is 7.53. The second-order valence-electron chi connectivity index (χ2n) is 3.80. The zero-order chi connectivity index (χ0) is 14.9. The van der Waals surface area contributed by atoms with Crippen LogP contribution in [0.2, 0.25) is 0 Å². The molecule has 7 heteroatoms. The van der Waals surface area contributed by atoms with E-state index in [1.807, 2.05) is 48.5 Å². The Morgan fingerprint density at radius 2 is 1.10 bits per heavy atom. The predicted molar refractivity (Wildman–Crippen MR) is 81.8 cm³/mol. The molecule has 0 saturated carbocycles. The van der Waals surface area contributed by atoms with Gasteiger partial charge in [0.15, 0.2) is 0 Å². The van der Waals surface area contributed by atoms with Crippen molar-refractivity contribution in [1.82, 2.24) is 19.9 Å². The molecular weight excluding hydrogens is 386 g/mol. The molecule has 0 aliphatic rings. The number of halogens is 2. The molecule has 21 heavy (non-hydrogen) atoms. The first-order chi connectivity index (χ1) is 10.3. The van der Waals surface area contributed by atoms with Crippen LogP contribution in [0.3, 0.4) is 0 Å². The third-order valence-corrected chi connectivity index (χ3v) is 2.55. The molecule has 4 rings (SSSR count). The fourth-order valence-corrected chi connectivity index (χ4v) is 1.67. The second kappa shape index (κ2) is 8.98. The van der Waals surface area contributed by atoms with Crippen LogP contribution in [0.15, 0.2) is 61.2 Å². The van der Waals surface area contributed by atoms with E-state index in [1.165, 1.54) is 0 Å². The summed E-state index contributed by atoms with van der Waals surface area (Å²) in [7, 11) is 9.87. The molecule has 0 bridgehead atoms. The average Bonchev–Trinajstić information content (AvgIpc) is 3.17. The number of nitrogens with zero attached hydrogens (tertiary/aromatic N) is 4. The summed E-state index contributed by atoms with van der Waals surface area (Å²) in [5.41, 5.74) is 3.88. The first kappa shape index (κ1) is 16.2. The van der Waals surface area contributed by atoms with Gasteiger partial charge in [0, 0.05) is 0 Å². The standard InChI is InChI=1S/2C7H5N2.2ClH.Zr/c2*1-2-4-7-6(3-1)8-5-9-7;;;/h2*1-5H;2*1H;/q2*-1;;;+4/p-2. The van der Waals surface area contributed by atoms with E-state index < -0.39 is 20.8 Å². The Labute approximate surface area is 140 Å². The van der Waals surface area contributed by atoms with Crippen LogP contribution < -0.4 is 9.97 Å². The quantitative estimate of drug-likeness (QED) is 0.454. The molecule has 0 unspecified atom stereocenters. The number of fused-ring (bicyclic) bond motifs is 2. The summed E-state index contributed by atoms with van der Waals surface area (Å²) in [5, 5.41) is 0. The van der Waals surface area contributed by atoms with E-state index in [1.54, 1.807) is 12.7 Å². The van der Waals surface area contributed by atoms with E-state index in [2.05, 4.69) is 19.9 Å². The molecule has 0 amide bonds. The van der Waals surface area contributed by atoms with E-state index in [9.17, 15) is 0 Å². The summed E-state index contributed by atoms with van der Waals surface area (Å²) in [4.78, 5) is 16.0. The van der Waals surface area contributed by atoms with Crippen molar-refractivity contribution < 1.29 is 20.8 Å². The zero-order valence-corrected chi connectivity index (χ0v) is 14.8. The van der Waals surface area contributed by atoms with E-state index in [0.717, 1.165) is 22.1 Å². The van der Waals surface area contributed by atoms with Crippen LogP contribution in [-0.4, -0.2) is 9.97 Å². The fourth-order valence-electron chi connectivity index (χ4n) is 1.67. The Morgan fingerprint density at radius 1 is 0.714 bits per heavy atom. The van der Waals surface area contributed by atoms with Crippen LogP contribution in [0, 0.1) is 0 Å². The summed E-state index contributed by atoms with van der Waals surface area (Å²) in [6.07, 6.45) is 3.15. The van der Waals surface area contributed by atoms with Crippen LogP contribution in [0.1, 0.15) is 0 Å². The maximum Gasteiger partial charge on any atom is -0.0387 e. The molecule has 4 aromatic rings. The van der Waals surface area contributed by atoms with Crippen molar-refractivity contribution >= 4 is 39.1 Å². The van der Waals surface area contributed by atoms with Gasteiger partial charge < -0.3 is 19.9 Å². The van der Waals surface area contributed by atoms with Crippen LogP contribution in [0.25, 0.3) is 22.1 Å². The van der Waals surface area contributed by atoms with Gasteiger partial charge in [0.2, 0.25) is 0 Å². The molecule has 0 aliphatic heterocycles. The van der Waals surface area contributed by atoms with Crippen LogP contribution >= 0.6 is 17.0 Å². The molecule has 0 saturated heterocycles. The van der Waals surface area contributed by atoms with Gasteiger partial charge in [-0.2, -0.15) is 0 Å². The van der Waals surface area contributed by atoms with Crippen LogP contribution in [0.5, 0.6) is 0 Å². The Kier molecular flexibility index (Phi) is 6.94. The van der Waals surface area contributed by atoms with Gasteiger partial charge >= 0.3 is 37.9 Å². The third-order valence-electron chi connectivity index (χ3n) is 2.55. The molecule has 2 heterocycles. The molecular formula is C14H10Cl2N4Zr. The first-order valence-electron chi connectivity index (χ1n) is 5.96. The zero-order valence-electron chi connectivity index (χ0n) is 10.8.